The van der Waals surface area contributed by atoms with Crippen LogP contribution in [-0.2, 0) is 0 Å². The maximum absolute atomic E-state index is 13.5. The Morgan fingerprint density at radius 3 is 2.80 bits per heavy atom. The minimum atomic E-state index is -0.248. The SMILES string of the molecule is CC1(C)CCCC2(CC1)C[C@H](N)c1ccc(F)cc1O2. The second kappa shape index (κ2) is 4.73. The van der Waals surface area contributed by atoms with Gasteiger partial charge >= 0.3 is 0 Å². The number of halogens is 1. The van der Waals surface area contributed by atoms with Gasteiger partial charge in [-0.3, -0.25) is 0 Å². The predicted octanol–water partition coefficient (Wildman–Crippen LogP) is 4.34. The fourth-order valence-electron chi connectivity index (χ4n) is 3.70. The Hall–Kier alpha value is -1.09. The summed E-state index contributed by atoms with van der Waals surface area (Å²) in [5, 5.41) is 0. The number of nitrogens with two attached hydrogens (primary N) is 1. The first kappa shape index (κ1) is 13.9. The second-order valence-electron chi connectivity index (χ2n) is 7.30. The number of ether oxygens (including phenoxy) is 1. The van der Waals surface area contributed by atoms with E-state index in [1.807, 2.05) is 0 Å². The summed E-state index contributed by atoms with van der Waals surface area (Å²) in [4.78, 5) is 0. The molecule has 1 aromatic carbocycles. The molecule has 1 aliphatic carbocycles. The summed E-state index contributed by atoms with van der Waals surface area (Å²) in [6.07, 6.45) is 6.42. The molecule has 1 unspecified atom stereocenters. The van der Waals surface area contributed by atoms with Crippen LogP contribution in [-0.4, -0.2) is 5.60 Å². The summed E-state index contributed by atoms with van der Waals surface area (Å²) >= 11 is 0. The molecule has 2 nitrogen and oxygen atoms in total. The Morgan fingerprint density at radius 1 is 1.20 bits per heavy atom. The lowest BCUT2D eigenvalue weighted by Crippen LogP contribution is -2.42. The third-order valence-corrected chi connectivity index (χ3v) is 5.04. The molecule has 20 heavy (non-hydrogen) atoms. The number of hydrogen-bond donors (Lipinski definition) is 1. The van der Waals surface area contributed by atoms with Crippen molar-refractivity contribution in [1.82, 2.24) is 0 Å². The van der Waals surface area contributed by atoms with Crippen molar-refractivity contribution in [1.29, 1.82) is 0 Å². The van der Waals surface area contributed by atoms with Crippen molar-refractivity contribution in [2.24, 2.45) is 11.1 Å². The van der Waals surface area contributed by atoms with E-state index in [1.54, 1.807) is 6.07 Å². The smallest absolute Gasteiger partial charge is 0.127 e. The van der Waals surface area contributed by atoms with Crippen LogP contribution in [0.5, 0.6) is 5.75 Å². The van der Waals surface area contributed by atoms with Crippen LogP contribution in [0.25, 0.3) is 0 Å². The Labute approximate surface area is 120 Å². The molecule has 2 atom stereocenters. The molecule has 0 amide bonds. The van der Waals surface area contributed by atoms with Gasteiger partial charge in [-0.05, 0) is 43.6 Å². The van der Waals surface area contributed by atoms with Gasteiger partial charge in [0.2, 0.25) is 0 Å². The molecule has 1 saturated carbocycles. The Kier molecular flexibility index (Phi) is 3.28. The monoisotopic (exact) mass is 277 g/mol. The molecular formula is C17H24FNO. The summed E-state index contributed by atoms with van der Waals surface area (Å²) in [6, 6.07) is 4.69. The van der Waals surface area contributed by atoms with Crippen molar-refractivity contribution >= 4 is 0 Å². The lowest BCUT2D eigenvalue weighted by molar-refractivity contribution is 0.0186. The van der Waals surface area contributed by atoms with Crippen molar-refractivity contribution < 1.29 is 9.13 Å². The van der Waals surface area contributed by atoms with Gasteiger partial charge in [0.25, 0.3) is 0 Å². The van der Waals surface area contributed by atoms with Gasteiger partial charge < -0.3 is 10.5 Å². The van der Waals surface area contributed by atoms with E-state index in [9.17, 15) is 4.39 Å². The molecule has 1 spiro atoms. The van der Waals surface area contributed by atoms with Crippen LogP contribution < -0.4 is 10.5 Å². The van der Waals surface area contributed by atoms with Crippen LogP contribution in [0.4, 0.5) is 4.39 Å². The Balaban J connectivity index is 1.90. The zero-order valence-corrected chi connectivity index (χ0v) is 12.4. The molecule has 0 bridgehead atoms. The number of benzene rings is 1. The van der Waals surface area contributed by atoms with Crippen LogP contribution in [0.15, 0.2) is 18.2 Å². The first-order valence-corrected chi connectivity index (χ1v) is 7.63. The molecule has 3 heteroatoms. The normalized spacial score (nSPS) is 32.3. The van der Waals surface area contributed by atoms with Gasteiger partial charge in [-0.15, -0.1) is 0 Å². The number of hydrogen-bond acceptors (Lipinski definition) is 2. The van der Waals surface area contributed by atoms with Crippen molar-refractivity contribution in [3.8, 4) is 5.75 Å². The highest BCUT2D eigenvalue weighted by Gasteiger charge is 2.42. The van der Waals surface area contributed by atoms with Crippen LogP contribution in [0.2, 0.25) is 0 Å². The van der Waals surface area contributed by atoms with Gasteiger partial charge in [0.15, 0.2) is 0 Å². The topological polar surface area (TPSA) is 35.2 Å². The average Bonchev–Trinajstić information content (AvgIpc) is 2.49. The zero-order valence-electron chi connectivity index (χ0n) is 12.4. The van der Waals surface area contributed by atoms with E-state index in [1.165, 1.54) is 18.6 Å². The van der Waals surface area contributed by atoms with Crippen LogP contribution in [0, 0.1) is 11.2 Å². The molecule has 110 valence electrons. The van der Waals surface area contributed by atoms with Crippen molar-refractivity contribution in [2.75, 3.05) is 0 Å². The molecule has 0 radical (unpaired) electrons. The van der Waals surface area contributed by atoms with Gasteiger partial charge in [-0.1, -0.05) is 19.9 Å². The highest BCUT2D eigenvalue weighted by molar-refractivity contribution is 5.39. The van der Waals surface area contributed by atoms with E-state index in [4.69, 9.17) is 10.5 Å². The van der Waals surface area contributed by atoms with E-state index in [2.05, 4.69) is 13.8 Å². The molecule has 1 heterocycles. The lowest BCUT2D eigenvalue weighted by atomic mass is 9.80. The molecular weight excluding hydrogens is 253 g/mol. The molecule has 1 aromatic rings. The van der Waals surface area contributed by atoms with Gasteiger partial charge in [0, 0.05) is 24.1 Å². The number of fused-ring (bicyclic) bond motifs is 1. The first-order valence-electron chi connectivity index (χ1n) is 7.63. The standard InChI is InChI=1S/C17H24FNO/c1-16(2)6-3-7-17(9-8-16)11-14(19)13-5-4-12(18)10-15(13)20-17/h4-5,10,14H,3,6-9,11,19H2,1-2H3/t14-,17?/m0/s1. The van der Waals surface area contributed by atoms with Crippen LogP contribution in [0.3, 0.4) is 0 Å². The van der Waals surface area contributed by atoms with Crippen LogP contribution >= 0.6 is 0 Å². The van der Waals surface area contributed by atoms with Crippen molar-refractivity contribution in [3.05, 3.63) is 29.6 Å². The maximum atomic E-state index is 13.5. The minimum absolute atomic E-state index is 0.0411. The van der Waals surface area contributed by atoms with E-state index in [-0.39, 0.29) is 17.5 Å². The van der Waals surface area contributed by atoms with Gasteiger partial charge in [0.1, 0.15) is 17.2 Å². The van der Waals surface area contributed by atoms with Crippen molar-refractivity contribution in [2.45, 2.75) is 64.0 Å². The average molecular weight is 277 g/mol. The molecule has 2 aliphatic rings. The largest absolute Gasteiger partial charge is 0.487 e. The fourth-order valence-corrected chi connectivity index (χ4v) is 3.70. The first-order chi connectivity index (χ1) is 9.39. The van der Waals surface area contributed by atoms with Gasteiger partial charge in [-0.25, -0.2) is 4.39 Å². The molecule has 2 N–H and O–H groups in total. The predicted molar refractivity (Wildman–Crippen MR) is 78.2 cm³/mol. The summed E-state index contributed by atoms with van der Waals surface area (Å²) in [7, 11) is 0. The van der Waals surface area contributed by atoms with Gasteiger partial charge in [-0.2, -0.15) is 0 Å². The summed E-state index contributed by atoms with van der Waals surface area (Å²) < 4.78 is 19.7. The summed E-state index contributed by atoms with van der Waals surface area (Å²) in [5.74, 6) is 0.408. The Morgan fingerprint density at radius 2 is 2.00 bits per heavy atom. The molecule has 3 rings (SSSR count). The highest BCUT2D eigenvalue weighted by atomic mass is 19.1. The fraction of sp³-hybridized carbons (Fsp3) is 0.647. The summed E-state index contributed by atoms with van der Waals surface area (Å²) in [6.45, 7) is 4.64. The molecule has 1 fully saturated rings. The summed E-state index contributed by atoms with van der Waals surface area (Å²) in [5.41, 5.74) is 7.45. The third-order valence-electron chi connectivity index (χ3n) is 5.04. The molecule has 0 aromatic heterocycles. The quantitative estimate of drug-likeness (QED) is 0.765. The molecule has 0 saturated heterocycles. The maximum Gasteiger partial charge on any atom is 0.127 e. The van der Waals surface area contributed by atoms with Gasteiger partial charge in [0.05, 0.1) is 0 Å². The van der Waals surface area contributed by atoms with Crippen LogP contribution in [0.1, 0.15) is 64.0 Å². The third kappa shape index (κ3) is 2.56. The van der Waals surface area contributed by atoms with E-state index < -0.39 is 0 Å². The van der Waals surface area contributed by atoms with E-state index >= 15 is 0 Å². The van der Waals surface area contributed by atoms with E-state index in [0.29, 0.717) is 11.2 Å². The molecule has 1 aliphatic heterocycles. The second-order valence-corrected chi connectivity index (χ2v) is 7.30. The number of rotatable bonds is 0. The lowest BCUT2D eigenvalue weighted by Gasteiger charge is -2.41. The highest BCUT2D eigenvalue weighted by Crippen LogP contribution is 2.47. The van der Waals surface area contributed by atoms with Crippen molar-refractivity contribution in [3.63, 3.8) is 0 Å². The van der Waals surface area contributed by atoms with E-state index in [0.717, 1.165) is 37.7 Å². The minimum Gasteiger partial charge on any atom is -0.487 e. The zero-order chi connectivity index (χ0) is 14.4. The Bertz CT molecular complexity index is 514.